The summed E-state index contributed by atoms with van der Waals surface area (Å²) in [5.41, 5.74) is 0.514. The number of Topliss-reactive ketones (excluding diaryl/α,β-unsaturated/α-hetero) is 1. The molecule has 1 N–H and O–H groups in total. The first-order valence-electron chi connectivity index (χ1n) is 3.57. The Bertz CT molecular complexity index is 340. The summed E-state index contributed by atoms with van der Waals surface area (Å²) in [5, 5.41) is 19.0. The van der Waals surface area contributed by atoms with Gasteiger partial charge >= 0.3 is 0 Å². The van der Waals surface area contributed by atoms with E-state index in [2.05, 4.69) is 0 Å². The number of phenolic OH excluding ortho intramolecular Hbond substituents is 1. The number of hydrogen-bond acceptors (Lipinski definition) is 4. The third kappa shape index (κ3) is 2.80. The largest absolute Gasteiger partial charge is 0.508 e. The van der Waals surface area contributed by atoms with E-state index in [1.54, 1.807) is 0 Å². The molecule has 0 fully saturated rings. The first-order valence-corrected chi connectivity index (χ1v) is 4.55. The Morgan fingerprint density at radius 2 is 2.08 bits per heavy atom. The Morgan fingerprint density at radius 3 is 2.62 bits per heavy atom. The van der Waals surface area contributed by atoms with Crippen molar-refractivity contribution in [1.82, 2.24) is 0 Å². The van der Waals surface area contributed by atoms with Gasteiger partial charge in [-0.3, -0.25) is 4.79 Å². The Kier molecular flexibility index (Phi) is 3.35. The van der Waals surface area contributed by atoms with Gasteiger partial charge in [0.05, 0.1) is 5.75 Å². The zero-order valence-electron chi connectivity index (χ0n) is 6.73. The molecule has 0 saturated heterocycles. The molecule has 0 atom stereocenters. The van der Waals surface area contributed by atoms with Crippen molar-refractivity contribution in [3.05, 3.63) is 29.8 Å². The van der Waals surface area contributed by atoms with E-state index in [0.717, 1.165) is 11.8 Å². The van der Waals surface area contributed by atoms with Crippen LogP contribution in [0.15, 0.2) is 24.3 Å². The van der Waals surface area contributed by atoms with Crippen LogP contribution in [-0.2, 0) is 0 Å². The van der Waals surface area contributed by atoms with E-state index in [9.17, 15) is 4.79 Å². The number of aromatic hydroxyl groups is 1. The molecule has 1 aromatic carbocycles. The van der Waals surface area contributed by atoms with Crippen LogP contribution in [-0.4, -0.2) is 16.6 Å². The number of rotatable bonds is 3. The van der Waals surface area contributed by atoms with Crippen molar-refractivity contribution in [2.45, 2.75) is 0 Å². The molecule has 0 spiro atoms. The van der Waals surface area contributed by atoms with Crippen LogP contribution in [0.3, 0.4) is 0 Å². The van der Waals surface area contributed by atoms with Gasteiger partial charge in [-0.05, 0) is 36.0 Å². The predicted molar refractivity (Wildman–Crippen MR) is 50.5 cm³/mol. The topological polar surface area (TPSA) is 61.1 Å². The molecule has 0 bridgehead atoms. The molecule has 1 rings (SSSR count). The van der Waals surface area contributed by atoms with Crippen LogP contribution in [0.1, 0.15) is 10.4 Å². The minimum absolute atomic E-state index is 0.105. The number of benzene rings is 1. The van der Waals surface area contributed by atoms with Crippen LogP contribution in [0, 0.1) is 10.7 Å². The monoisotopic (exact) mass is 193 g/mol. The number of hydrogen-bond donors (Lipinski definition) is 1. The Morgan fingerprint density at radius 1 is 1.46 bits per heavy atom. The van der Waals surface area contributed by atoms with Crippen LogP contribution in [0.25, 0.3) is 0 Å². The maximum Gasteiger partial charge on any atom is 0.173 e. The minimum Gasteiger partial charge on any atom is -0.508 e. The van der Waals surface area contributed by atoms with Gasteiger partial charge in [-0.15, -0.1) is 0 Å². The summed E-state index contributed by atoms with van der Waals surface area (Å²) in [5.74, 6) is 0.178. The van der Waals surface area contributed by atoms with Crippen molar-refractivity contribution >= 4 is 17.5 Å². The van der Waals surface area contributed by atoms with Gasteiger partial charge in [0.1, 0.15) is 11.2 Å². The summed E-state index contributed by atoms with van der Waals surface area (Å²) in [4.78, 5) is 11.3. The van der Waals surface area contributed by atoms with E-state index in [-0.39, 0.29) is 17.3 Å². The molecule has 1 aromatic rings. The second-order valence-corrected chi connectivity index (χ2v) is 3.11. The first-order chi connectivity index (χ1) is 6.24. The van der Waals surface area contributed by atoms with Gasteiger partial charge < -0.3 is 5.11 Å². The molecule has 0 aliphatic carbocycles. The van der Waals surface area contributed by atoms with Crippen LogP contribution in [0.4, 0.5) is 0 Å². The maximum atomic E-state index is 11.3. The van der Waals surface area contributed by atoms with Gasteiger partial charge in [0.25, 0.3) is 0 Å². The average molecular weight is 193 g/mol. The standard InChI is InChI=1S/C9H7NO2S/c10-6-13-5-9(12)7-1-3-8(11)4-2-7/h1-4,11H,5H2. The number of carbonyl (C=O) groups excluding carboxylic acids is 1. The van der Waals surface area contributed by atoms with Crippen molar-refractivity contribution in [3.63, 3.8) is 0 Å². The third-order valence-electron chi connectivity index (χ3n) is 1.46. The number of carbonyl (C=O) groups is 1. The molecular weight excluding hydrogens is 186 g/mol. The summed E-state index contributed by atoms with van der Waals surface area (Å²) in [6.07, 6.45) is 0. The highest BCUT2D eigenvalue weighted by Gasteiger charge is 2.04. The molecule has 0 aliphatic heterocycles. The van der Waals surface area contributed by atoms with Crippen LogP contribution in [0.5, 0.6) is 5.75 Å². The van der Waals surface area contributed by atoms with Crippen molar-refractivity contribution in [1.29, 1.82) is 5.26 Å². The lowest BCUT2D eigenvalue weighted by molar-refractivity contribution is 0.102. The molecule has 0 aromatic heterocycles. The lowest BCUT2D eigenvalue weighted by atomic mass is 10.1. The third-order valence-corrected chi connectivity index (χ3v) is 1.99. The molecule has 0 saturated carbocycles. The molecule has 4 heteroatoms. The molecule has 0 heterocycles. The normalized spacial score (nSPS) is 9.15. The fourth-order valence-corrected chi connectivity index (χ4v) is 1.19. The predicted octanol–water partition coefficient (Wildman–Crippen LogP) is 1.79. The summed E-state index contributed by atoms with van der Waals surface area (Å²) < 4.78 is 0. The van der Waals surface area contributed by atoms with E-state index in [4.69, 9.17) is 10.4 Å². The number of ketones is 1. The molecule has 0 radical (unpaired) electrons. The van der Waals surface area contributed by atoms with Gasteiger partial charge in [0.2, 0.25) is 0 Å². The smallest absolute Gasteiger partial charge is 0.173 e. The Labute approximate surface area is 80.0 Å². The lowest BCUT2D eigenvalue weighted by Gasteiger charge is -1.97. The molecule has 66 valence electrons. The fraction of sp³-hybridized carbons (Fsp3) is 0.111. The van der Waals surface area contributed by atoms with Gasteiger partial charge in [0.15, 0.2) is 5.78 Å². The first kappa shape index (κ1) is 9.62. The second-order valence-electron chi connectivity index (χ2n) is 2.35. The molecule has 13 heavy (non-hydrogen) atoms. The average Bonchev–Trinajstić information content (AvgIpc) is 2.15. The zero-order valence-corrected chi connectivity index (χ0v) is 7.54. The second kappa shape index (κ2) is 4.53. The van der Waals surface area contributed by atoms with E-state index in [0.29, 0.717) is 5.56 Å². The van der Waals surface area contributed by atoms with E-state index >= 15 is 0 Å². The fourth-order valence-electron chi connectivity index (χ4n) is 0.828. The van der Waals surface area contributed by atoms with Crippen LogP contribution in [0.2, 0.25) is 0 Å². The van der Waals surface area contributed by atoms with Crippen LogP contribution < -0.4 is 0 Å². The quantitative estimate of drug-likeness (QED) is 0.587. The van der Waals surface area contributed by atoms with E-state index in [1.165, 1.54) is 24.3 Å². The van der Waals surface area contributed by atoms with Crippen molar-refractivity contribution in [2.24, 2.45) is 0 Å². The molecular formula is C9H7NO2S. The highest BCUT2D eigenvalue weighted by Crippen LogP contribution is 2.11. The van der Waals surface area contributed by atoms with Gasteiger partial charge in [-0.25, -0.2) is 0 Å². The molecule has 0 amide bonds. The molecule has 0 unspecified atom stereocenters. The van der Waals surface area contributed by atoms with Crippen LogP contribution >= 0.6 is 11.8 Å². The number of nitriles is 1. The van der Waals surface area contributed by atoms with Crippen molar-refractivity contribution < 1.29 is 9.90 Å². The minimum atomic E-state index is -0.105. The number of nitrogens with zero attached hydrogens (tertiary/aromatic N) is 1. The number of thioether (sulfide) groups is 1. The summed E-state index contributed by atoms with van der Waals surface area (Å²) in [7, 11) is 0. The zero-order chi connectivity index (χ0) is 9.68. The molecule has 0 aliphatic rings. The highest BCUT2D eigenvalue weighted by atomic mass is 32.2. The lowest BCUT2D eigenvalue weighted by Crippen LogP contribution is -2.00. The Hall–Kier alpha value is -1.47. The SMILES string of the molecule is N#CSCC(=O)c1ccc(O)cc1. The number of thiocyanates is 1. The Balaban J connectivity index is 2.68. The summed E-state index contributed by atoms with van der Waals surface area (Å²) in [6, 6.07) is 5.97. The maximum absolute atomic E-state index is 11.3. The van der Waals surface area contributed by atoms with Gasteiger partial charge in [-0.2, -0.15) is 5.26 Å². The highest BCUT2D eigenvalue weighted by molar-refractivity contribution is 8.04. The van der Waals surface area contributed by atoms with Crippen molar-refractivity contribution in [2.75, 3.05) is 5.75 Å². The van der Waals surface area contributed by atoms with Crippen molar-refractivity contribution in [3.8, 4) is 11.2 Å². The summed E-state index contributed by atoms with van der Waals surface area (Å²) in [6.45, 7) is 0. The van der Waals surface area contributed by atoms with E-state index < -0.39 is 0 Å². The van der Waals surface area contributed by atoms with Gasteiger partial charge in [-0.1, -0.05) is 0 Å². The number of phenols is 1. The summed E-state index contributed by atoms with van der Waals surface area (Å²) >= 11 is 0.909. The molecule has 3 nitrogen and oxygen atoms in total. The van der Waals surface area contributed by atoms with Gasteiger partial charge in [0, 0.05) is 5.56 Å². The van der Waals surface area contributed by atoms with E-state index in [1.807, 2.05) is 5.40 Å².